The average Bonchev–Trinajstić information content (AvgIpc) is 2.67. The number of rotatable bonds is 3. The number of nitrogens with two attached hydrogens (primary N) is 2. The Kier molecular flexibility index (Phi) is 5.05. The number of nitrogens with one attached hydrogen (secondary N) is 2. The predicted octanol–water partition coefficient (Wildman–Crippen LogP) is -0.699. The molecule has 1 unspecified atom stereocenters. The number of hydrogen-bond acceptors (Lipinski definition) is 10. The van der Waals surface area contributed by atoms with Crippen LogP contribution in [-0.4, -0.2) is 28.1 Å². The normalized spacial score (nSPS) is 14.8. The van der Waals surface area contributed by atoms with Crippen LogP contribution in [0.1, 0.15) is 35.2 Å². The molecule has 0 saturated carbocycles. The van der Waals surface area contributed by atoms with Gasteiger partial charge in [0.25, 0.3) is 0 Å². The van der Waals surface area contributed by atoms with E-state index in [9.17, 15) is 15.3 Å². The van der Waals surface area contributed by atoms with Crippen molar-refractivity contribution in [2.24, 2.45) is 4.99 Å². The molecule has 0 saturated heterocycles. The van der Waals surface area contributed by atoms with Gasteiger partial charge in [0.05, 0.1) is 5.69 Å². The third-order valence-corrected chi connectivity index (χ3v) is 4.50. The van der Waals surface area contributed by atoms with Crippen molar-refractivity contribution in [3.8, 4) is 12.3 Å². The summed E-state index contributed by atoms with van der Waals surface area (Å²) in [6.07, 6.45) is 2.38. The van der Waals surface area contributed by atoms with Gasteiger partial charge in [0.2, 0.25) is 5.96 Å². The molecule has 1 aromatic heterocycles. The van der Waals surface area contributed by atoms with E-state index in [-0.39, 0.29) is 23.0 Å². The van der Waals surface area contributed by atoms with Crippen molar-refractivity contribution in [3.63, 3.8) is 0 Å². The van der Waals surface area contributed by atoms with Crippen LogP contribution in [0.25, 0.3) is 0 Å². The second kappa shape index (κ2) is 7.44. The van der Waals surface area contributed by atoms with Gasteiger partial charge in [-0.1, -0.05) is 25.1 Å². The lowest BCUT2D eigenvalue weighted by Crippen LogP contribution is -2.33. The smallest absolute Gasteiger partial charge is 0.423 e. The highest BCUT2D eigenvalue weighted by Gasteiger charge is 2.31. The summed E-state index contributed by atoms with van der Waals surface area (Å²) in [6, 6.07) is 6.23. The fraction of sp³-hybridized carbons (Fsp3) is 0.176. The molecular formula is C17H17BN8O2. The van der Waals surface area contributed by atoms with Crippen LogP contribution in [-0.2, 0) is 6.42 Å². The van der Waals surface area contributed by atoms with Gasteiger partial charge in [0, 0.05) is 5.56 Å². The maximum absolute atomic E-state index is 9.45. The fourth-order valence-corrected chi connectivity index (χ4v) is 3.17. The summed E-state index contributed by atoms with van der Waals surface area (Å²) in [6.45, 7) is 1.91. The Balaban J connectivity index is 2.26. The number of aryl methyl sites for hydroxylation is 1. The zero-order chi connectivity index (χ0) is 20.4. The van der Waals surface area contributed by atoms with Crippen LogP contribution in [0.2, 0.25) is 0 Å². The van der Waals surface area contributed by atoms with Crippen molar-refractivity contribution in [2.45, 2.75) is 19.4 Å². The van der Waals surface area contributed by atoms with Gasteiger partial charge in [0.1, 0.15) is 29.3 Å². The Morgan fingerprint density at radius 3 is 2.68 bits per heavy atom. The molecule has 3 rings (SSSR count). The highest BCUT2D eigenvalue weighted by Crippen LogP contribution is 2.41. The predicted molar refractivity (Wildman–Crippen MR) is 105 cm³/mol. The molecule has 140 valence electrons. The number of hydrogen-bond donors (Lipinski definition) is 6. The fourth-order valence-electron chi connectivity index (χ4n) is 3.17. The number of aromatic nitrogens is 1. The van der Waals surface area contributed by atoms with E-state index in [0.29, 0.717) is 23.3 Å². The molecular weight excluding hydrogens is 359 g/mol. The Bertz CT molecular complexity index is 1050. The first kappa shape index (κ1) is 19.0. The monoisotopic (exact) mass is 376 g/mol. The molecule has 2 aromatic rings. The lowest BCUT2D eigenvalue weighted by molar-refractivity contribution is 0.425. The molecule has 28 heavy (non-hydrogen) atoms. The van der Waals surface area contributed by atoms with Gasteiger partial charge in [-0.05, 0) is 23.0 Å². The van der Waals surface area contributed by atoms with Crippen LogP contribution in [0.15, 0.2) is 23.2 Å². The van der Waals surface area contributed by atoms with Gasteiger partial charge in [-0.2, -0.15) is 10.5 Å². The molecule has 1 aromatic carbocycles. The van der Waals surface area contributed by atoms with Crippen LogP contribution < -0.4 is 27.6 Å². The molecule has 1 aliphatic rings. The molecule has 8 N–H and O–H groups in total. The molecule has 2 heterocycles. The summed E-state index contributed by atoms with van der Waals surface area (Å²) in [5, 5.41) is 42.5. The Labute approximate surface area is 161 Å². The minimum atomic E-state index is -1.60. The molecule has 10 nitrogen and oxygen atoms in total. The summed E-state index contributed by atoms with van der Waals surface area (Å²) in [5.41, 5.74) is 14.6. The van der Waals surface area contributed by atoms with E-state index < -0.39 is 13.2 Å². The molecule has 0 spiro atoms. The third-order valence-electron chi connectivity index (χ3n) is 4.50. The summed E-state index contributed by atoms with van der Waals surface area (Å²) < 4.78 is 0. The molecule has 1 atom stereocenters. The number of benzene rings is 1. The Morgan fingerprint density at radius 1 is 1.32 bits per heavy atom. The van der Waals surface area contributed by atoms with E-state index >= 15 is 0 Å². The molecule has 0 bridgehead atoms. The average molecular weight is 376 g/mol. The third kappa shape index (κ3) is 3.16. The molecule has 0 amide bonds. The summed E-state index contributed by atoms with van der Waals surface area (Å²) in [7, 11) is -1.60. The Hall–Kier alpha value is -3.80. The molecule has 1 aliphatic heterocycles. The highest BCUT2D eigenvalue weighted by atomic mass is 16.4. The van der Waals surface area contributed by atoms with Gasteiger partial charge in [0.15, 0.2) is 6.19 Å². The van der Waals surface area contributed by atoms with Gasteiger partial charge >= 0.3 is 7.12 Å². The van der Waals surface area contributed by atoms with E-state index in [0.717, 1.165) is 11.1 Å². The zero-order valence-corrected chi connectivity index (χ0v) is 14.9. The number of nitrogen functional groups attached to an aromatic ring is 2. The number of guanidine groups is 1. The van der Waals surface area contributed by atoms with Crippen LogP contribution in [0.4, 0.5) is 17.3 Å². The number of nitriles is 2. The zero-order valence-electron chi connectivity index (χ0n) is 14.9. The van der Waals surface area contributed by atoms with Crippen molar-refractivity contribution in [2.75, 3.05) is 16.8 Å². The summed E-state index contributed by atoms with van der Waals surface area (Å²) in [4.78, 5) is 8.72. The molecule has 0 aliphatic carbocycles. The first-order valence-electron chi connectivity index (χ1n) is 8.38. The second-order valence-electron chi connectivity index (χ2n) is 6.09. The maximum Gasteiger partial charge on any atom is 0.488 e. The van der Waals surface area contributed by atoms with E-state index in [1.165, 1.54) is 0 Å². The quantitative estimate of drug-likeness (QED) is 0.228. The number of anilines is 3. The van der Waals surface area contributed by atoms with Crippen molar-refractivity contribution < 1.29 is 10.0 Å². The summed E-state index contributed by atoms with van der Waals surface area (Å²) in [5.74, 6) is 0.419. The molecule has 11 heteroatoms. The van der Waals surface area contributed by atoms with Crippen molar-refractivity contribution in [3.05, 3.63) is 40.5 Å². The first-order chi connectivity index (χ1) is 13.4. The van der Waals surface area contributed by atoms with Crippen molar-refractivity contribution in [1.82, 2.24) is 10.3 Å². The minimum Gasteiger partial charge on any atom is -0.423 e. The van der Waals surface area contributed by atoms with Gasteiger partial charge < -0.3 is 26.8 Å². The van der Waals surface area contributed by atoms with E-state index in [1.807, 2.05) is 13.0 Å². The van der Waals surface area contributed by atoms with Crippen molar-refractivity contribution >= 4 is 35.9 Å². The van der Waals surface area contributed by atoms with Crippen LogP contribution in [0.3, 0.4) is 0 Å². The lowest BCUT2D eigenvalue weighted by Gasteiger charge is -2.27. The van der Waals surface area contributed by atoms with Crippen LogP contribution in [0, 0.1) is 22.8 Å². The van der Waals surface area contributed by atoms with E-state index in [4.69, 9.17) is 16.7 Å². The van der Waals surface area contributed by atoms with Crippen LogP contribution >= 0.6 is 0 Å². The SMILES string of the molecule is CCc1cc(B(O)O)ccc1C1N=C(NC#N)Nc2nc(N)c(C#N)c(N)c21. The highest BCUT2D eigenvalue weighted by molar-refractivity contribution is 6.58. The largest absolute Gasteiger partial charge is 0.488 e. The van der Waals surface area contributed by atoms with E-state index in [2.05, 4.69) is 20.6 Å². The molecule has 0 radical (unpaired) electrons. The Morgan fingerprint density at radius 2 is 2.07 bits per heavy atom. The lowest BCUT2D eigenvalue weighted by atomic mass is 9.77. The van der Waals surface area contributed by atoms with E-state index in [1.54, 1.807) is 24.4 Å². The van der Waals surface area contributed by atoms with Gasteiger partial charge in [-0.3, -0.25) is 5.32 Å². The second-order valence-corrected chi connectivity index (χ2v) is 6.09. The van der Waals surface area contributed by atoms with Gasteiger partial charge in [-0.15, -0.1) is 0 Å². The number of pyridine rings is 1. The van der Waals surface area contributed by atoms with Crippen LogP contribution in [0.5, 0.6) is 0 Å². The topological polar surface area (TPSA) is 189 Å². The standard InChI is InChI=1S/C17H17BN8O2/c1-2-8-5-9(18(27)28)3-4-10(8)14-12-13(21)11(6-19)15(22)25-16(12)26-17(24-14)23-7-20/h3-5,14,27-28H,2H2,1H3,(H6,21,22,23,24,25,26). The van der Waals surface area contributed by atoms with Gasteiger partial charge in [-0.25, -0.2) is 9.98 Å². The number of fused-ring (bicyclic) bond motifs is 1. The van der Waals surface area contributed by atoms with Crippen molar-refractivity contribution in [1.29, 1.82) is 10.5 Å². The number of aliphatic imine (C=N–C) groups is 1. The maximum atomic E-state index is 9.45. The first-order valence-corrected chi connectivity index (χ1v) is 8.38. The minimum absolute atomic E-state index is 0.0299. The summed E-state index contributed by atoms with van der Waals surface area (Å²) >= 11 is 0. The number of nitrogens with zero attached hydrogens (tertiary/aromatic N) is 4. The molecule has 0 fully saturated rings.